The van der Waals surface area contributed by atoms with E-state index in [0.29, 0.717) is 49.0 Å². The van der Waals surface area contributed by atoms with Crippen LogP contribution in [0.4, 0.5) is 8.78 Å². The standard InChI is InChI=1S/C31H32Cl2F2N2O6/c32-24-15-36-16-25(33)23(24)13-27(19-6-7-26(43-31(34)35)28(12-19)41-17-18-4-5-18)42-30(39)22-3-1-2-20(29(22)38)14-37-21-8-10-40-11-9-21/h1-3,6-7,12,15-16,18,21,27,31,37-38H,4-5,8-11,13-14,17H2/t27-/m0/s1. The van der Waals surface area contributed by atoms with Crippen LogP contribution in [0, 0.1) is 5.92 Å². The third-order valence-corrected chi connectivity index (χ3v) is 8.11. The van der Waals surface area contributed by atoms with Crippen molar-refractivity contribution < 1.29 is 37.6 Å². The summed E-state index contributed by atoms with van der Waals surface area (Å²) in [7, 11) is 0. The molecule has 1 aromatic heterocycles. The van der Waals surface area contributed by atoms with Crippen LogP contribution in [-0.4, -0.2) is 48.5 Å². The number of nitrogens with zero attached hydrogens (tertiary/aromatic N) is 1. The molecule has 8 nitrogen and oxygen atoms in total. The molecule has 1 saturated heterocycles. The van der Waals surface area contributed by atoms with Crippen molar-refractivity contribution in [3.8, 4) is 17.2 Å². The third-order valence-electron chi connectivity index (χ3n) is 7.46. The molecule has 0 unspecified atom stereocenters. The zero-order valence-electron chi connectivity index (χ0n) is 23.2. The number of hydrogen-bond acceptors (Lipinski definition) is 8. The van der Waals surface area contributed by atoms with Crippen molar-refractivity contribution in [2.75, 3.05) is 19.8 Å². The van der Waals surface area contributed by atoms with E-state index in [1.807, 2.05) is 0 Å². The van der Waals surface area contributed by atoms with E-state index >= 15 is 0 Å². The predicted molar refractivity (Wildman–Crippen MR) is 156 cm³/mol. The fourth-order valence-electron chi connectivity index (χ4n) is 4.82. The number of alkyl halides is 2. The van der Waals surface area contributed by atoms with Crippen LogP contribution >= 0.6 is 23.2 Å². The summed E-state index contributed by atoms with van der Waals surface area (Å²) in [5.74, 6) is -0.666. The second-order valence-corrected chi connectivity index (χ2v) is 11.4. The molecule has 5 rings (SSSR count). The van der Waals surface area contributed by atoms with Crippen LogP contribution in [0.3, 0.4) is 0 Å². The average molecular weight is 638 g/mol. The summed E-state index contributed by atoms with van der Waals surface area (Å²) in [6, 6.07) is 9.49. The lowest BCUT2D eigenvalue weighted by molar-refractivity contribution is -0.0515. The number of rotatable bonds is 13. The van der Waals surface area contributed by atoms with Gasteiger partial charge in [0.2, 0.25) is 0 Å². The van der Waals surface area contributed by atoms with Crippen LogP contribution in [0.5, 0.6) is 17.2 Å². The quantitative estimate of drug-likeness (QED) is 0.196. The van der Waals surface area contributed by atoms with Gasteiger partial charge < -0.3 is 29.4 Å². The van der Waals surface area contributed by atoms with Gasteiger partial charge in [-0.05, 0) is 60.9 Å². The number of phenols is 1. The highest BCUT2D eigenvalue weighted by molar-refractivity contribution is 6.35. The van der Waals surface area contributed by atoms with Crippen LogP contribution in [-0.2, 0) is 22.4 Å². The van der Waals surface area contributed by atoms with Crippen molar-refractivity contribution in [3.63, 3.8) is 0 Å². The van der Waals surface area contributed by atoms with E-state index < -0.39 is 18.7 Å². The number of benzene rings is 2. The number of nitrogens with one attached hydrogen (secondary N) is 1. The zero-order valence-corrected chi connectivity index (χ0v) is 24.8. The minimum atomic E-state index is -3.05. The van der Waals surface area contributed by atoms with Crippen LogP contribution in [0.25, 0.3) is 0 Å². The lowest BCUT2D eigenvalue weighted by Crippen LogP contribution is -2.34. The number of para-hydroxylation sites is 1. The number of hydrogen-bond donors (Lipinski definition) is 2. The van der Waals surface area contributed by atoms with Gasteiger partial charge in [-0.15, -0.1) is 0 Å². The molecule has 0 amide bonds. The van der Waals surface area contributed by atoms with Gasteiger partial charge in [0.05, 0.1) is 16.7 Å². The molecule has 1 aliphatic carbocycles. The van der Waals surface area contributed by atoms with Gasteiger partial charge >= 0.3 is 12.6 Å². The third kappa shape index (κ3) is 8.47. The number of ether oxygens (including phenoxy) is 4. The van der Waals surface area contributed by atoms with Gasteiger partial charge in [-0.3, -0.25) is 4.98 Å². The number of esters is 1. The van der Waals surface area contributed by atoms with E-state index in [2.05, 4.69) is 15.0 Å². The Morgan fingerprint density at radius 3 is 2.51 bits per heavy atom. The minimum Gasteiger partial charge on any atom is -0.507 e. The van der Waals surface area contributed by atoms with Crippen LogP contribution < -0.4 is 14.8 Å². The number of phenolic OH excluding ortho intramolecular Hbond substituents is 1. The molecule has 0 radical (unpaired) electrons. The molecule has 0 spiro atoms. The molecule has 1 atom stereocenters. The van der Waals surface area contributed by atoms with E-state index in [1.54, 1.807) is 12.1 Å². The molecule has 1 aliphatic heterocycles. The average Bonchev–Trinajstić information content (AvgIpc) is 3.82. The van der Waals surface area contributed by atoms with Crippen molar-refractivity contribution in [3.05, 3.63) is 81.1 Å². The maximum Gasteiger partial charge on any atom is 0.387 e. The molecule has 2 N–H and O–H groups in total. The smallest absolute Gasteiger partial charge is 0.387 e. The molecule has 12 heteroatoms. The highest BCUT2D eigenvalue weighted by atomic mass is 35.5. The highest BCUT2D eigenvalue weighted by Crippen LogP contribution is 2.38. The number of aromatic nitrogens is 1. The summed E-state index contributed by atoms with van der Waals surface area (Å²) < 4.78 is 48.1. The SMILES string of the molecule is O=C(O[C@@H](Cc1c(Cl)cncc1Cl)c1ccc(OC(F)F)c(OCC2CC2)c1)c1cccc(CNC2CCOCC2)c1O. The van der Waals surface area contributed by atoms with E-state index in [-0.39, 0.29) is 45.3 Å². The van der Waals surface area contributed by atoms with Crippen molar-refractivity contribution in [2.24, 2.45) is 5.92 Å². The Morgan fingerprint density at radius 2 is 1.81 bits per heavy atom. The Morgan fingerprint density at radius 1 is 1.07 bits per heavy atom. The highest BCUT2D eigenvalue weighted by Gasteiger charge is 2.27. The summed E-state index contributed by atoms with van der Waals surface area (Å²) in [6.45, 7) is -1.00. The van der Waals surface area contributed by atoms with Crippen molar-refractivity contribution in [1.82, 2.24) is 10.3 Å². The Kier molecular flexibility index (Phi) is 10.6. The Bertz CT molecular complexity index is 1400. The molecule has 43 heavy (non-hydrogen) atoms. The van der Waals surface area contributed by atoms with Crippen molar-refractivity contribution in [1.29, 1.82) is 0 Å². The van der Waals surface area contributed by atoms with Gasteiger partial charge in [-0.1, -0.05) is 41.4 Å². The fourth-order valence-corrected chi connectivity index (χ4v) is 5.34. The molecule has 2 fully saturated rings. The first kappa shape index (κ1) is 31.3. The Labute approximate surface area is 258 Å². The first-order valence-electron chi connectivity index (χ1n) is 14.1. The van der Waals surface area contributed by atoms with Crippen molar-refractivity contribution in [2.45, 2.75) is 57.4 Å². The van der Waals surface area contributed by atoms with Gasteiger partial charge in [0.25, 0.3) is 0 Å². The van der Waals surface area contributed by atoms with Gasteiger partial charge in [-0.2, -0.15) is 8.78 Å². The molecule has 0 bridgehead atoms. The predicted octanol–water partition coefficient (Wildman–Crippen LogP) is 6.89. The summed E-state index contributed by atoms with van der Waals surface area (Å²) in [5.41, 5.74) is 1.43. The normalized spacial score (nSPS) is 16.2. The second-order valence-electron chi connectivity index (χ2n) is 10.6. The summed E-state index contributed by atoms with van der Waals surface area (Å²) in [5, 5.41) is 14.9. The molecule has 2 heterocycles. The molecule has 1 saturated carbocycles. The van der Waals surface area contributed by atoms with E-state index in [0.717, 1.165) is 25.7 Å². The summed E-state index contributed by atoms with van der Waals surface area (Å²) in [4.78, 5) is 17.5. The van der Waals surface area contributed by atoms with Crippen LogP contribution in [0.2, 0.25) is 10.0 Å². The topological polar surface area (TPSA) is 99.1 Å². The van der Waals surface area contributed by atoms with Crippen molar-refractivity contribution >= 4 is 29.2 Å². The molecule has 2 aliphatic rings. The van der Waals surface area contributed by atoms with Crippen LogP contribution in [0.15, 0.2) is 48.8 Å². The first-order chi connectivity index (χ1) is 20.8. The number of halogens is 4. The molecule has 3 aromatic rings. The first-order valence-corrected chi connectivity index (χ1v) is 14.9. The molecule has 230 valence electrons. The summed E-state index contributed by atoms with van der Waals surface area (Å²) >= 11 is 12.8. The number of aromatic hydroxyl groups is 1. The zero-order chi connectivity index (χ0) is 30.3. The molecular weight excluding hydrogens is 605 g/mol. The molecule has 2 aromatic carbocycles. The molecular formula is C31H32Cl2F2N2O6. The second kappa shape index (κ2) is 14.5. The monoisotopic (exact) mass is 636 g/mol. The van der Waals surface area contributed by atoms with E-state index in [1.165, 1.54) is 36.7 Å². The van der Waals surface area contributed by atoms with Crippen LogP contribution in [0.1, 0.15) is 58.8 Å². The number of carbonyl (C=O) groups is 1. The minimum absolute atomic E-state index is 0.0222. The van der Waals surface area contributed by atoms with Gasteiger partial charge in [-0.25, -0.2) is 4.79 Å². The number of carbonyl (C=O) groups excluding carboxylic acids is 1. The summed E-state index contributed by atoms with van der Waals surface area (Å²) in [6.07, 6.45) is 5.61. The largest absolute Gasteiger partial charge is 0.507 e. The number of pyridine rings is 1. The maximum absolute atomic E-state index is 13.5. The lowest BCUT2D eigenvalue weighted by atomic mass is 10.0. The Balaban J connectivity index is 1.41. The maximum atomic E-state index is 13.5. The van der Waals surface area contributed by atoms with Gasteiger partial charge in [0.15, 0.2) is 11.5 Å². The van der Waals surface area contributed by atoms with E-state index in [9.17, 15) is 18.7 Å². The Hall–Kier alpha value is -3.18. The fraction of sp³-hybridized carbons (Fsp3) is 0.419. The van der Waals surface area contributed by atoms with E-state index in [4.69, 9.17) is 37.4 Å². The lowest BCUT2D eigenvalue weighted by Gasteiger charge is -2.24. The van der Waals surface area contributed by atoms with Gasteiger partial charge in [0.1, 0.15) is 17.4 Å². The van der Waals surface area contributed by atoms with Gasteiger partial charge in [0, 0.05) is 50.2 Å².